The number of aryl methyl sites for hydroxylation is 1. The highest BCUT2D eigenvalue weighted by atomic mass is 32.2. The second-order valence-corrected chi connectivity index (χ2v) is 4.69. The number of rotatable bonds is 4. The number of thioether (sulfide) groups is 1. The molecule has 0 saturated carbocycles. The third-order valence-corrected chi connectivity index (χ3v) is 3.03. The van der Waals surface area contributed by atoms with Crippen LogP contribution in [0.1, 0.15) is 19.4 Å². The first-order valence-electron chi connectivity index (χ1n) is 5.59. The highest BCUT2D eigenvalue weighted by Gasteiger charge is 2.03. The SMILES string of the molecule is CCSc1ncc(-c2ncc(CC)cn2)cn1. The van der Waals surface area contributed by atoms with Crippen molar-refractivity contribution in [3.8, 4) is 11.4 Å². The van der Waals surface area contributed by atoms with Crippen LogP contribution in [0, 0.1) is 0 Å². The van der Waals surface area contributed by atoms with Crippen molar-refractivity contribution in [3.05, 3.63) is 30.4 Å². The maximum Gasteiger partial charge on any atom is 0.187 e. The van der Waals surface area contributed by atoms with Crippen LogP contribution >= 0.6 is 11.8 Å². The van der Waals surface area contributed by atoms with Crippen molar-refractivity contribution in [2.24, 2.45) is 0 Å². The Morgan fingerprint density at radius 2 is 1.59 bits per heavy atom. The van der Waals surface area contributed by atoms with Gasteiger partial charge in [0, 0.05) is 24.8 Å². The topological polar surface area (TPSA) is 51.6 Å². The molecule has 0 aliphatic heterocycles. The van der Waals surface area contributed by atoms with Crippen LogP contribution in [0.15, 0.2) is 29.9 Å². The normalized spacial score (nSPS) is 10.5. The van der Waals surface area contributed by atoms with Gasteiger partial charge in [0.1, 0.15) is 0 Å². The first kappa shape index (κ1) is 12.0. The van der Waals surface area contributed by atoms with E-state index in [0.29, 0.717) is 5.82 Å². The molecule has 0 amide bonds. The predicted octanol–water partition coefficient (Wildman–Crippen LogP) is 2.61. The molecule has 0 bridgehead atoms. The average Bonchev–Trinajstić information content (AvgIpc) is 2.40. The zero-order valence-corrected chi connectivity index (χ0v) is 10.7. The average molecular weight is 246 g/mol. The van der Waals surface area contributed by atoms with Gasteiger partial charge in [-0.15, -0.1) is 0 Å². The summed E-state index contributed by atoms with van der Waals surface area (Å²) in [6.07, 6.45) is 8.18. The van der Waals surface area contributed by atoms with Crippen molar-refractivity contribution in [1.82, 2.24) is 19.9 Å². The van der Waals surface area contributed by atoms with Crippen LogP contribution in [-0.2, 0) is 6.42 Å². The van der Waals surface area contributed by atoms with E-state index >= 15 is 0 Å². The molecule has 2 rings (SSSR count). The van der Waals surface area contributed by atoms with Gasteiger partial charge in [-0.1, -0.05) is 25.6 Å². The minimum Gasteiger partial charge on any atom is -0.236 e. The van der Waals surface area contributed by atoms with Crippen LogP contribution < -0.4 is 0 Å². The fourth-order valence-corrected chi connectivity index (χ4v) is 1.83. The standard InChI is InChI=1S/C12H14N4S/c1-3-9-5-13-11(14-6-9)10-7-15-12(16-8-10)17-4-2/h5-8H,3-4H2,1-2H3. The van der Waals surface area contributed by atoms with Crippen molar-refractivity contribution in [1.29, 1.82) is 0 Å². The zero-order chi connectivity index (χ0) is 12.1. The molecule has 0 atom stereocenters. The molecule has 2 aromatic rings. The fraction of sp³-hybridized carbons (Fsp3) is 0.333. The molecule has 0 saturated heterocycles. The van der Waals surface area contributed by atoms with Crippen molar-refractivity contribution in [2.75, 3.05) is 5.75 Å². The van der Waals surface area contributed by atoms with Crippen molar-refractivity contribution in [3.63, 3.8) is 0 Å². The van der Waals surface area contributed by atoms with Gasteiger partial charge in [-0.05, 0) is 17.7 Å². The highest BCUT2D eigenvalue weighted by Crippen LogP contribution is 2.16. The number of nitrogens with zero attached hydrogens (tertiary/aromatic N) is 4. The Hall–Kier alpha value is -1.49. The van der Waals surface area contributed by atoms with Gasteiger partial charge in [0.25, 0.3) is 0 Å². The molecule has 4 nitrogen and oxygen atoms in total. The maximum atomic E-state index is 4.30. The van der Waals surface area contributed by atoms with E-state index in [1.165, 1.54) is 0 Å². The summed E-state index contributed by atoms with van der Waals surface area (Å²) in [6, 6.07) is 0. The van der Waals surface area contributed by atoms with E-state index in [1.807, 2.05) is 12.4 Å². The Kier molecular flexibility index (Phi) is 4.03. The van der Waals surface area contributed by atoms with Gasteiger partial charge in [-0.2, -0.15) is 0 Å². The monoisotopic (exact) mass is 246 g/mol. The van der Waals surface area contributed by atoms with Gasteiger partial charge in [0.2, 0.25) is 0 Å². The lowest BCUT2D eigenvalue weighted by atomic mass is 10.2. The number of hydrogen-bond acceptors (Lipinski definition) is 5. The molecule has 2 aromatic heterocycles. The van der Waals surface area contributed by atoms with Crippen molar-refractivity contribution < 1.29 is 0 Å². The fourth-order valence-electron chi connectivity index (χ4n) is 1.32. The van der Waals surface area contributed by atoms with Crippen LogP contribution in [0.3, 0.4) is 0 Å². The molecule has 0 aliphatic carbocycles. The van der Waals surface area contributed by atoms with Crippen LogP contribution in [0.25, 0.3) is 11.4 Å². The van der Waals surface area contributed by atoms with Gasteiger partial charge in [-0.25, -0.2) is 19.9 Å². The summed E-state index contributed by atoms with van der Waals surface area (Å²) in [5.74, 6) is 1.65. The molecule has 0 aromatic carbocycles. The molecule has 88 valence electrons. The second-order valence-electron chi connectivity index (χ2n) is 3.46. The summed E-state index contributed by atoms with van der Waals surface area (Å²) in [5.41, 5.74) is 1.99. The lowest BCUT2D eigenvalue weighted by molar-refractivity contribution is 0.960. The minimum atomic E-state index is 0.676. The van der Waals surface area contributed by atoms with E-state index in [1.54, 1.807) is 24.2 Å². The number of aromatic nitrogens is 4. The predicted molar refractivity (Wildman–Crippen MR) is 68.8 cm³/mol. The summed E-state index contributed by atoms with van der Waals surface area (Å²) in [5, 5.41) is 0.793. The molecule has 0 unspecified atom stereocenters. The van der Waals surface area contributed by atoms with E-state index in [4.69, 9.17) is 0 Å². The van der Waals surface area contributed by atoms with Gasteiger partial charge < -0.3 is 0 Å². The van der Waals surface area contributed by atoms with Crippen LogP contribution in [-0.4, -0.2) is 25.7 Å². The third kappa shape index (κ3) is 3.00. The summed E-state index contributed by atoms with van der Waals surface area (Å²) in [4.78, 5) is 17.1. The second kappa shape index (κ2) is 5.72. The Balaban J connectivity index is 2.20. The molecular formula is C12H14N4S. The summed E-state index contributed by atoms with van der Waals surface area (Å²) >= 11 is 1.62. The smallest absolute Gasteiger partial charge is 0.187 e. The Morgan fingerprint density at radius 3 is 2.12 bits per heavy atom. The van der Waals surface area contributed by atoms with Crippen LogP contribution in [0.4, 0.5) is 0 Å². The van der Waals surface area contributed by atoms with Crippen LogP contribution in [0.5, 0.6) is 0 Å². The van der Waals surface area contributed by atoms with Crippen LogP contribution in [0.2, 0.25) is 0 Å². The van der Waals surface area contributed by atoms with E-state index < -0.39 is 0 Å². The van der Waals surface area contributed by atoms with E-state index in [-0.39, 0.29) is 0 Å². The van der Waals surface area contributed by atoms with Gasteiger partial charge in [0.05, 0.1) is 5.56 Å². The zero-order valence-electron chi connectivity index (χ0n) is 9.92. The first-order chi connectivity index (χ1) is 8.33. The van der Waals surface area contributed by atoms with Gasteiger partial charge >= 0.3 is 0 Å². The molecule has 0 N–H and O–H groups in total. The summed E-state index contributed by atoms with van der Waals surface area (Å²) < 4.78 is 0. The Labute approximate surface area is 105 Å². The van der Waals surface area contributed by atoms with E-state index in [2.05, 4.69) is 33.8 Å². The third-order valence-electron chi connectivity index (χ3n) is 2.27. The molecular weight excluding hydrogens is 232 g/mol. The summed E-state index contributed by atoms with van der Waals surface area (Å²) in [6.45, 7) is 4.16. The van der Waals surface area contributed by atoms with E-state index in [9.17, 15) is 0 Å². The van der Waals surface area contributed by atoms with Gasteiger partial charge in [0.15, 0.2) is 11.0 Å². The lowest BCUT2D eigenvalue weighted by Crippen LogP contribution is -1.94. The first-order valence-corrected chi connectivity index (χ1v) is 6.58. The lowest BCUT2D eigenvalue weighted by Gasteiger charge is -2.01. The summed E-state index contributed by atoms with van der Waals surface area (Å²) in [7, 11) is 0. The maximum absolute atomic E-state index is 4.30. The highest BCUT2D eigenvalue weighted by molar-refractivity contribution is 7.99. The minimum absolute atomic E-state index is 0.676. The molecule has 5 heteroatoms. The molecule has 0 radical (unpaired) electrons. The number of hydrogen-bond donors (Lipinski definition) is 0. The largest absolute Gasteiger partial charge is 0.236 e. The Morgan fingerprint density at radius 1 is 0.941 bits per heavy atom. The quantitative estimate of drug-likeness (QED) is 0.613. The molecule has 17 heavy (non-hydrogen) atoms. The van der Waals surface area contributed by atoms with Crippen molar-refractivity contribution in [2.45, 2.75) is 25.4 Å². The molecule has 2 heterocycles. The Bertz CT molecular complexity index is 467. The molecule has 0 fully saturated rings. The van der Waals surface area contributed by atoms with Crippen molar-refractivity contribution >= 4 is 11.8 Å². The van der Waals surface area contributed by atoms with E-state index in [0.717, 1.165) is 28.5 Å². The molecule has 0 aliphatic rings. The molecule has 0 spiro atoms. The van der Waals surface area contributed by atoms with Gasteiger partial charge in [-0.3, -0.25) is 0 Å².